The molecule has 1 saturated heterocycles. The lowest BCUT2D eigenvalue weighted by atomic mass is 9.84. The largest absolute Gasteiger partial charge is 0.444 e. The van der Waals surface area contributed by atoms with Crippen LogP contribution in [0.3, 0.4) is 0 Å². The fourth-order valence-electron chi connectivity index (χ4n) is 3.52. The number of carbonyl (C=O) groups excluding carboxylic acids is 1. The minimum atomic E-state index is -0.433. The lowest BCUT2D eigenvalue weighted by molar-refractivity contribution is 0.0505. The summed E-state index contributed by atoms with van der Waals surface area (Å²) in [5, 5.41) is 6.72. The number of ether oxygens (including phenoxy) is 2. The average molecular weight is 326 g/mol. The number of hydrogen-bond acceptors (Lipinski definition) is 4. The molecule has 2 rings (SSSR count). The molecule has 2 atom stereocenters. The summed E-state index contributed by atoms with van der Waals surface area (Å²) in [6.45, 7) is 9.28. The molecule has 5 heteroatoms. The third-order valence-electron chi connectivity index (χ3n) is 4.83. The third kappa shape index (κ3) is 7.08. The van der Waals surface area contributed by atoms with Crippen molar-refractivity contribution in [2.24, 2.45) is 11.8 Å². The Morgan fingerprint density at radius 1 is 1.09 bits per heavy atom. The van der Waals surface area contributed by atoms with Crippen molar-refractivity contribution < 1.29 is 14.3 Å². The van der Waals surface area contributed by atoms with E-state index in [1.165, 1.54) is 38.5 Å². The van der Waals surface area contributed by atoms with Crippen molar-refractivity contribution in [1.82, 2.24) is 10.6 Å². The summed E-state index contributed by atoms with van der Waals surface area (Å²) in [6, 6.07) is 0.515. The van der Waals surface area contributed by atoms with E-state index in [0.29, 0.717) is 18.5 Å². The Hall–Kier alpha value is -0.810. The molecule has 23 heavy (non-hydrogen) atoms. The summed E-state index contributed by atoms with van der Waals surface area (Å²) in [7, 11) is 0. The predicted molar refractivity (Wildman–Crippen MR) is 91.5 cm³/mol. The number of nitrogens with one attached hydrogen (secondary N) is 2. The molecule has 1 aliphatic heterocycles. The predicted octanol–water partition coefficient (Wildman–Crippen LogP) is 3.09. The van der Waals surface area contributed by atoms with Gasteiger partial charge >= 0.3 is 6.09 Å². The highest BCUT2D eigenvalue weighted by atomic mass is 16.6. The van der Waals surface area contributed by atoms with Gasteiger partial charge in [-0.3, -0.25) is 0 Å². The quantitative estimate of drug-likeness (QED) is 0.815. The second-order valence-corrected chi connectivity index (χ2v) is 8.00. The van der Waals surface area contributed by atoms with Gasteiger partial charge in [-0.25, -0.2) is 4.79 Å². The van der Waals surface area contributed by atoms with E-state index in [1.807, 2.05) is 20.8 Å². The molecule has 0 aromatic carbocycles. The van der Waals surface area contributed by atoms with Crippen LogP contribution in [0.4, 0.5) is 4.79 Å². The molecule has 5 nitrogen and oxygen atoms in total. The van der Waals surface area contributed by atoms with Gasteiger partial charge in [-0.05, 0) is 64.8 Å². The van der Waals surface area contributed by atoms with Crippen LogP contribution in [0, 0.1) is 11.8 Å². The van der Waals surface area contributed by atoms with E-state index in [9.17, 15) is 4.79 Å². The molecule has 2 N–H and O–H groups in total. The monoisotopic (exact) mass is 326 g/mol. The first kappa shape index (κ1) is 18.5. The van der Waals surface area contributed by atoms with Crippen LogP contribution in [-0.4, -0.2) is 44.0 Å². The van der Waals surface area contributed by atoms with E-state index in [2.05, 4.69) is 10.6 Å². The number of alkyl carbamates (subject to hydrolysis) is 1. The maximum atomic E-state index is 11.8. The van der Waals surface area contributed by atoms with E-state index < -0.39 is 5.60 Å². The van der Waals surface area contributed by atoms with Crippen molar-refractivity contribution in [3.05, 3.63) is 0 Å². The standard InChI is InChI=1S/C18H34N2O3/c1-18(2,3)23-17(21)20-13-15-6-4-5-7-16(15)19-12-14-8-10-22-11-9-14/h14-16,19H,4-13H2,1-3H3,(H,20,21). The summed E-state index contributed by atoms with van der Waals surface area (Å²) in [6.07, 6.45) is 6.97. The molecule has 2 unspecified atom stereocenters. The van der Waals surface area contributed by atoms with Gasteiger partial charge in [0.15, 0.2) is 0 Å². The van der Waals surface area contributed by atoms with Gasteiger partial charge in [0.2, 0.25) is 0 Å². The lowest BCUT2D eigenvalue weighted by Gasteiger charge is -2.34. The molecule has 0 aromatic rings. The average Bonchev–Trinajstić information content (AvgIpc) is 2.51. The molecule has 134 valence electrons. The van der Waals surface area contributed by atoms with Gasteiger partial charge in [-0.1, -0.05) is 12.8 Å². The van der Waals surface area contributed by atoms with Crippen molar-refractivity contribution >= 4 is 6.09 Å². The molecule has 0 aromatic heterocycles. The molecule has 0 spiro atoms. The highest BCUT2D eigenvalue weighted by molar-refractivity contribution is 5.67. The molecule has 2 aliphatic rings. The van der Waals surface area contributed by atoms with Crippen molar-refractivity contribution in [2.75, 3.05) is 26.3 Å². The number of rotatable bonds is 5. The van der Waals surface area contributed by atoms with Crippen LogP contribution in [0.5, 0.6) is 0 Å². The van der Waals surface area contributed by atoms with Crippen LogP contribution in [0.2, 0.25) is 0 Å². The first-order chi connectivity index (χ1) is 10.9. The summed E-state index contributed by atoms with van der Waals surface area (Å²) >= 11 is 0. The van der Waals surface area contributed by atoms with Crippen molar-refractivity contribution in [3.8, 4) is 0 Å². The lowest BCUT2D eigenvalue weighted by Crippen LogP contribution is -2.46. The molecule has 1 saturated carbocycles. The van der Waals surface area contributed by atoms with Crippen molar-refractivity contribution in [2.45, 2.75) is 70.9 Å². The summed E-state index contributed by atoms with van der Waals surface area (Å²) < 4.78 is 10.8. The SMILES string of the molecule is CC(C)(C)OC(=O)NCC1CCCCC1NCC1CCOCC1. The van der Waals surface area contributed by atoms with Gasteiger partial charge < -0.3 is 20.1 Å². The Balaban J connectivity index is 1.73. The maximum Gasteiger partial charge on any atom is 0.407 e. The Labute approximate surface area is 140 Å². The Kier molecular flexibility index (Phi) is 7.15. The highest BCUT2D eigenvalue weighted by Gasteiger charge is 2.27. The van der Waals surface area contributed by atoms with Gasteiger partial charge in [-0.2, -0.15) is 0 Å². The van der Waals surface area contributed by atoms with Gasteiger partial charge in [0, 0.05) is 25.8 Å². The summed E-state index contributed by atoms with van der Waals surface area (Å²) in [5.41, 5.74) is -0.433. The molecule has 1 heterocycles. The Morgan fingerprint density at radius 2 is 1.78 bits per heavy atom. The maximum absolute atomic E-state index is 11.8. The number of amides is 1. The second-order valence-electron chi connectivity index (χ2n) is 8.00. The van der Waals surface area contributed by atoms with E-state index in [-0.39, 0.29) is 6.09 Å². The van der Waals surface area contributed by atoms with E-state index in [4.69, 9.17) is 9.47 Å². The van der Waals surface area contributed by atoms with Crippen LogP contribution in [-0.2, 0) is 9.47 Å². The molecule has 0 radical (unpaired) electrons. The fraction of sp³-hybridized carbons (Fsp3) is 0.944. The first-order valence-corrected chi connectivity index (χ1v) is 9.22. The molecule has 1 amide bonds. The topological polar surface area (TPSA) is 59.6 Å². The Bertz CT molecular complexity index is 362. The van der Waals surface area contributed by atoms with Crippen LogP contribution >= 0.6 is 0 Å². The fourth-order valence-corrected chi connectivity index (χ4v) is 3.52. The van der Waals surface area contributed by atoms with Crippen molar-refractivity contribution in [1.29, 1.82) is 0 Å². The van der Waals surface area contributed by atoms with Gasteiger partial charge in [0.1, 0.15) is 5.60 Å². The minimum absolute atomic E-state index is 0.300. The van der Waals surface area contributed by atoms with Crippen LogP contribution in [0.1, 0.15) is 59.3 Å². The van der Waals surface area contributed by atoms with E-state index >= 15 is 0 Å². The molecular weight excluding hydrogens is 292 g/mol. The molecule has 0 bridgehead atoms. The van der Waals surface area contributed by atoms with Crippen LogP contribution in [0.25, 0.3) is 0 Å². The zero-order valence-corrected chi connectivity index (χ0v) is 15.0. The van der Waals surface area contributed by atoms with Gasteiger partial charge in [-0.15, -0.1) is 0 Å². The van der Waals surface area contributed by atoms with Crippen molar-refractivity contribution in [3.63, 3.8) is 0 Å². The third-order valence-corrected chi connectivity index (χ3v) is 4.83. The molecule has 1 aliphatic carbocycles. The smallest absolute Gasteiger partial charge is 0.407 e. The second kappa shape index (κ2) is 8.88. The first-order valence-electron chi connectivity index (χ1n) is 9.22. The van der Waals surface area contributed by atoms with Gasteiger partial charge in [0.25, 0.3) is 0 Å². The minimum Gasteiger partial charge on any atom is -0.444 e. The zero-order valence-electron chi connectivity index (χ0n) is 15.0. The van der Waals surface area contributed by atoms with Crippen LogP contribution in [0.15, 0.2) is 0 Å². The zero-order chi connectivity index (χ0) is 16.7. The number of carbonyl (C=O) groups is 1. The normalized spacial score (nSPS) is 26.7. The molecule has 2 fully saturated rings. The molecular formula is C18H34N2O3. The van der Waals surface area contributed by atoms with E-state index in [0.717, 1.165) is 25.7 Å². The van der Waals surface area contributed by atoms with Gasteiger partial charge in [0.05, 0.1) is 0 Å². The summed E-state index contributed by atoms with van der Waals surface area (Å²) in [5.74, 6) is 1.25. The summed E-state index contributed by atoms with van der Waals surface area (Å²) in [4.78, 5) is 11.8. The van der Waals surface area contributed by atoms with E-state index in [1.54, 1.807) is 0 Å². The van der Waals surface area contributed by atoms with Crippen LogP contribution < -0.4 is 10.6 Å². The highest BCUT2D eigenvalue weighted by Crippen LogP contribution is 2.25. The number of hydrogen-bond donors (Lipinski definition) is 2. The Morgan fingerprint density at radius 3 is 2.48 bits per heavy atom.